The van der Waals surface area contributed by atoms with Crippen molar-refractivity contribution in [2.75, 3.05) is 18.8 Å². The molecule has 2 atom stereocenters. The Morgan fingerprint density at radius 1 is 1.03 bits per heavy atom. The van der Waals surface area contributed by atoms with Crippen LogP contribution in [0.15, 0.2) is 30.3 Å². The molecule has 0 amide bonds. The molecule has 4 N–H and O–H groups in total. The molecule has 0 unspecified atom stereocenters. The SMILES string of the molecule is C.Cc1nc2nc(N)cc(-c3cc4cc(CN5CC[C@@H]6CCCC[C@H]6C5)ccc4[nH]3)c2[nH]1. The summed E-state index contributed by atoms with van der Waals surface area (Å²) in [5.41, 5.74) is 12.2. The summed E-state index contributed by atoms with van der Waals surface area (Å²) < 4.78 is 0. The van der Waals surface area contributed by atoms with Gasteiger partial charge >= 0.3 is 0 Å². The lowest BCUT2D eigenvalue weighted by Crippen LogP contribution is -2.41. The maximum absolute atomic E-state index is 6.06. The van der Waals surface area contributed by atoms with E-state index in [-0.39, 0.29) is 7.43 Å². The smallest absolute Gasteiger partial charge is 0.180 e. The second-order valence-electron chi connectivity index (χ2n) is 9.55. The number of nitrogen functional groups attached to an aromatic ring is 1. The first kappa shape index (κ1) is 21.0. The fourth-order valence-corrected chi connectivity index (χ4v) is 5.84. The number of pyridine rings is 1. The fraction of sp³-hybridized carbons (Fsp3) is 0.462. The number of aromatic amines is 2. The van der Waals surface area contributed by atoms with Crippen LogP contribution in [0.5, 0.6) is 0 Å². The summed E-state index contributed by atoms with van der Waals surface area (Å²) in [5, 5.41) is 1.24. The van der Waals surface area contributed by atoms with Crippen molar-refractivity contribution in [1.82, 2.24) is 24.8 Å². The van der Waals surface area contributed by atoms with Gasteiger partial charge in [-0.15, -0.1) is 0 Å². The van der Waals surface area contributed by atoms with Crippen LogP contribution in [0.1, 0.15) is 50.9 Å². The molecule has 3 aromatic heterocycles. The number of fused-ring (bicyclic) bond motifs is 3. The van der Waals surface area contributed by atoms with Crippen LogP contribution in [-0.2, 0) is 6.54 Å². The van der Waals surface area contributed by atoms with Gasteiger partial charge in [0.2, 0.25) is 0 Å². The molecule has 6 rings (SSSR count). The molecule has 2 aliphatic rings. The number of aryl methyl sites for hydroxylation is 1. The van der Waals surface area contributed by atoms with E-state index in [1.807, 2.05) is 13.0 Å². The number of H-pyrrole nitrogens is 2. The van der Waals surface area contributed by atoms with Crippen molar-refractivity contribution in [3.63, 3.8) is 0 Å². The molecule has 1 aromatic carbocycles. The molecular formula is C26H34N6. The Balaban J connectivity index is 0.00000216. The number of hydrogen-bond donors (Lipinski definition) is 3. The number of piperidine rings is 1. The Labute approximate surface area is 189 Å². The summed E-state index contributed by atoms with van der Waals surface area (Å²) in [6.45, 7) is 5.50. The lowest BCUT2D eigenvalue weighted by atomic mass is 9.75. The van der Waals surface area contributed by atoms with Gasteiger partial charge in [-0.25, -0.2) is 9.97 Å². The first-order valence-electron chi connectivity index (χ1n) is 11.6. The van der Waals surface area contributed by atoms with E-state index in [9.17, 15) is 0 Å². The van der Waals surface area contributed by atoms with E-state index in [2.05, 4.69) is 49.1 Å². The highest BCUT2D eigenvalue weighted by atomic mass is 15.1. The van der Waals surface area contributed by atoms with Crippen molar-refractivity contribution >= 4 is 27.9 Å². The van der Waals surface area contributed by atoms with Crippen LogP contribution in [0.4, 0.5) is 5.82 Å². The van der Waals surface area contributed by atoms with Gasteiger partial charge in [0, 0.05) is 35.2 Å². The predicted molar refractivity (Wildman–Crippen MR) is 132 cm³/mol. The molecule has 4 heterocycles. The molecule has 32 heavy (non-hydrogen) atoms. The zero-order chi connectivity index (χ0) is 20.9. The molecule has 6 nitrogen and oxygen atoms in total. The van der Waals surface area contributed by atoms with Gasteiger partial charge in [-0.05, 0) is 68.0 Å². The second-order valence-corrected chi connectivity index (χ2v) is 9.55. The quantitative estimate of drug-likeness (QED) is 0.392. The molecule has 0 bridgehead atoms. The minimum atomic E-state index is 0. The number of anilines is 1. The summed E-state index contributed by atoms with van der Waals surface area (Å²) in [7, 11) is 0. The fourth-order valence-electron chi connectivity index (χ4n) is 5.84. The van der Waals surface area contributed by atoms with E-state index in [0.29, 0.717) is 11.5 Å². The summed E-state index contributed by atoms with van der Waals surface area (Å²) in [4.78, 5) is 18.4. The van der Waals surface area contributed by atoms with Crippen LogP contribution < -0.4 is 5.73 Å². The summed E-state index contributed by atoms with van der Waals surface area (Å²) in [5.74, 6) is 3.23. The molecular weight excluding hydrogens is 396 g/mol. The molecule has 6 heteroatoms. The van der Waals surface area contributed by atoms with Crippen molar-refractivity contribution in [3.8, 4) is 11.3 Å². The van der Waals surface area contributed by atoms with Crippen molar-refractivity contribution in [2.24, 2.45) is 11.8 Å². The Morgan fingerprint density at radius 3 is 2.75 bits per heavy atom. The number of hydrogen-bond acceptors (Lipinski definition) is 4. The zero-order valence-electron chi connectivity index (χ0n) is 18.1. The minimum absolute atomic E-state index is 0. The van der Waals surface area contributed by atoms with Crippen LogP contribution in [0.25, 0.3) is 33.3 Å². The number of nitrogens with zero attached hydrogens (tertiary/aromatic N) is 3. The molecule has 0 spiro atoms. The number of rotatable bonds is 3. The Kier molecular flexibility index (Phi) is 5.41. The minimum Gasteiger partial charge on any atom is -0.384 e. The topological polar surface area (TPSA) is 86.6 Å². The van der Waals surface area contributed by atoms with Crippen LogP contribution in [0, 0.1) is 18.8 Å². The van der Waals surface area contributed by atoms with Crippen LogP contribution in [0.2, 0.25) is 0 Å². The molecule has 4 aromatic rings. The Hall–Kier alpha value is -2.86. The van der Waals surface area contributed by atoms with Crippen LogP contribution in [-0.4, -0.2) is 37.9 Å². The van der Waals surface area contributed by atoms with Crippen molar-refractivity contribution in [1.29, 1.82) is 0 Å². The van der Waals surface area contributed by atoms with Gasteiger partial charge in [-0.3, -0.25) is 4.90 Å². The van der Waals surface area contributed by atoms with Gasteiger partial charge in [0.05, 0.1) is 5.52 Å². The van der Waals surface area contributed by atoms with Gasteiger partial charge in [-0.1, -0.05) is 32.8 Å². The molecule has 1 aliphatic heterocycles. The zero-order valence-corrected chi connectivity index (χ0v) is 18.1. The number of aromatic nitrogens is 4. The molecule has 1 saturated heterocycles. The van der Waals surface area contributed by atoms with E-state index in [4.69, 9.17) is 5.73 Å². The standard InChI is InChI=1S/C25H30N6.CH4/c1-15-27-24-20(12-23(26)30-25(24)28-15)22-11-19-10-16(6-7-21(19)29-22)13-31-9-8-17-4-2-3-5-18(17)14-31;/h6-7,10-12,17-18,29H,2-5,8-9,13-14H2,1H3,(H3,26,27,28,30);1H4/t17-,18-;/m0./s1. The molecule has 1 aliphatic carbocycles. The maximum atomic E-state index is 6.06. The molecule has 0 radical (unpaired) electrons. The lowest BCUT2D eigenvalue weighted by Gasteiger charge is -2.41. The van der Waals surface area contributed by atoms with E-state index in [0.717, 1.165) is 46.5 Å². The number of nitrogens with two attached hydrogens (primary N) is 1. The summed E-state index contributed by atoms with van der Waals surface area (Å²) in [6.07, 6.45) is 7.14. The van der Waals surface area contributed by atoms with Gasteiger partial charge in [-0.2, -0.15) is 0 Å². The van der Waals surface area contributed by atoms with E-state index >= 15 is 0 Å². The third-order valence-electron chi connectivity index (χ3n) is 7.36. The van der Waals surface area contributed by atoms with Gasteiger partial charge in [0.15, 0.2) is 5.65 Å². The first-order valence-corrected chi connectivity index (χ1v) is 11.6. The average molecular weight is 431 g/mol. The highest BCUT2D eigenvalue weighted by molar-refractivity contribution is 5.95. The van der Waals surface area contributed by atoms with Crippen LogP contribution >= 0.6 is 0 Å². The third-order valence-corrected chi connectivity index (χ3v) is 7.36. The van der Waals surface area contributed by atoms with E-state index < -0.39 is 0 Å². The van der Waals surface area contributed by atoms with Crippen LogP contribution in [0.3, 0.4) is 0 Å². The predicted octanol–water partition coefficient (Wildman–Crippen LogP) is 5.65. The maximum Gasteiger partial charge on any atom is 0.180 e. The Bertz CT molecular complexity index is 1250. The van der Waals surface area contributed by atoms with Crippen molar-refractivity contribution < 1.29 is 0 Å². The number of benzene rings is 1. The highest BCUT2D eigenvalue weighted by Gasteiger charge is 2.30. The molecule has 2 fully saturated rings. The number of nitrogens with one attached hydrogen (secondary N) is 2. The Morgan fingerprint density at radius 2 is 1.88 bits per heavy atom. The largest absolute Gasteiger partial charge is 0.384 e. The average Bonchev–Trinajstić information content (AvgIpc) is 3.35. The molecule has 168 valence electrons. The lowest BCUT2D eigenvalue weighted by molar-refractivity contribution is 0.0821. The monoisotopic (exact) mass is 430 g/mol. The van der Waals surface area contributed by atoms with Crippen molar-refractivity contribution in [2.45, 2.75) is 53.0 Å². The highest BCUT2D eigenvalue weighted by Crippen LogP contribution is 2.37. The molecule has 1 saturated carbocycles. The van der Waals surface area contributed by atoms with Gasteiger partial charge in [0.1, 0.15) is 11.6 Å². The van der Waals surface area contributed by atoms with Gasteiger partial charge < -0.3 is 15.7 Å². The van der Waals surface area contributed by atoms with E-state index in [1.54, 1.807) is 0 Å². The first-order chi connectivity index (χ1) is 15.1. The summed E-state index contributed by atoms with van der Waals surface area (Å²) in [6, 6.07) is 11.0. The third kappa shape index (κ3) is 3.77. The number of likely N-dealkylation sites (tertiary alicyclic amines) is 1. The second kappa shape index (κ2) is 8.24. The van der Waals surface area contributed by atoms with Gasteiger partial charge in [0.25, 0.3) is 0 Å². The number of imidazole rings is 1. The van der Waals surface area contributed by atoms with E-state index in [1.165, 1.54) is 56.1 Å². The summed E-state index contributed by atoms with van der Waals surface area (Å²) >= 11 is 0. The van der Waals surface area contributed by atoms with Crippen molar-refractivity contribution in [3.05, 3.63) is 41.7 Å². The normalized spacial score (nSPS) is 21.5.